The molecule has 2 saturated carbocycles. The topological polar surface area (TPSA) is 20.2 Å². The van der Waals surface area contributed by atoms with Gasteiger partial charge >= 0.3 is 0 Å². The van der Waals surface area contributed by atoms with Crippen molar-refractivity contribution in [1.29, 1.82) is 0 Å². The van der Waals surface area contributed by atoms with Gasteiger partial charge in [-0.15, -0.1) is 0 Å². The molecule has 0 saturated heterocycles. The number of allylic oxidation sites excluding steroid dienone is 3. The van der Waals surface area contributed by atoms with Crippen molar-refractivity contribution in [2.75, 3.05) is 7.11 Å². The molecule has 0 amide bonds. The van der Waals surface area contributed by atoms with Crippen molar-refractivity contribution < 1.29 is 5.11 Å². The molecule has 1 nitrogen and oxygen atoms in total. The van der Waals surface area contributed by atoms with Gasteiger partial charge in [0.15, 0.2) is 0 Å². The molecule has 0 aliphatic heterocycles. The lowest BCUT2D eigenvalue weighted by molar-refractivity contribution is 0.345. The van der Waals surface area contributed by atoms with Crippen LogP contribution >= 0.6 is 0 Å². The van der Waals surface area contributed by atoms with E-state index >= 15 is 0 Å². The van der Waals surface area contributed by atoms with E-state index in [0.29, 0.717) is 5.41 Å². The predicted octanol–water partition coefficient (Wildman–Crippen LogP) is 5.50. The Labute approximate surface area is 126 Å². The monoisotopic (exact) mass is 278 g/mol. The predicted molar refractivity (Wildman–Crippen MR) is 88.7 cm³/mol. The second-order valence-electron chi connectivity index (χ2n) is 6.27. The molecule has 0 aromatic carbocycles. The van der Waals surface area contributed by atoms with Crippen LogP contribution in [0.3, 0.4) is 0 Å². The lowest BCUT2D eigenvalue weighted by Crippen LogP contribution is -2.24. The van der Waals surface area contributed by atoms with Gasteiger partial charge in [-0.1, -0.05) is 52.7 Å². The van der Waals surface area contributed by atoms with E-state index in [1.807, 2.05) is 13.8 Å². The summed E-state index contributed by atoms with van der Waals surface area (Å²) in [5, 5.41) is 7.00. The Morgan fingerprint density at radius 2 is 1.65 bits per heavy atom. The fraction of sp³-hybridized carbons (Fsp3) is 0.789. The highest BCUT2D eigenvalue weighted by Crippen LogP contribution is 2.63. The van der Waals surface area contributed by atoms with E-state index in [2.05, 4.69) is 19.6 Å². The minimum atomic E-state index is 0.557. The average Bonchev–Trinajstić information content (AvgIpc) is 3.32. The smallest absolute Gasteiger partial charge is 0.0319 e. The minimum Gasteiger partial charge on any atom is -0.400 e. The molecule has 0 bridgehead atoms. The van der Waals surface area contributed by atoms with E-state index in [0.717, 1.165) is 18.9 Å². The standard InChI is InChI=1S/C16H24.C2H6.CH4O/c1-12-8-9-15(13(2)16(12)10-11-16)14-6-4-3-5-7-14;2*1-2/h9,12,14H,2-8,10-11H2,1H3;1-2H3;2H,1H3. The maximum absolute atomic E-state index is 7.00. The van der Waals surface area contributed by atoms with Crippen molar-refractivity contribution in [3.8, 4) is 0 Å². The van der Waals surface area contributed by atoms with Gasteiger partial charge in [0.1, 0.15) is 0 Å². The van der Waals surface area contributed by atoms with Gasteiger partial charge in [0.05, 0.1) is 0 Å². The first-order chi connectivity index (χ1) is 9.74. The fourth-order valence-electron chi connectivity index (χ4n) is 3.99. The lowest BCUT2D eigenvalue weighted by Gasteiger charge is -2.36. The molecule has 1 heteroatoms. The fourth-order valence-corrected chi connectivity index (χ4v) is 3.99. The van der Waals surface area contributed by atoms with Gasteiger partial charge in [-0.05, 0) is 60.5 Å². The maximum Gasteiger partial charge on any atom is 0.0319 e. The van der Waals surface area contributed by atoms with Gasteiger partial charge < -0.3 is 5.11 Å². The van der Waals surface area contributed by atoms with Gasteiger partial charge in [0.25, 0.3) is 0 Å². The Morgan fingerprint density at radius 3 is 2.15 bits per heavy atom. The van der Waals surface area contributed by atoms with Crippen LogP contribution in [0, 0.1) is 17.3 Å². The van der Waals surface area contributed by atoms with Crippen molar-refractivity contribution in [2.24, 2.45) is 17.3 Å². The summed E-state index contributed by atoms with van der Waals surface area (Å²) in [6.45, 7) is 10.9. The first-order valence-corrected chi connectivity index (χ1v) is 8.58. The van der Waals surface area contributed by atoms with Crippen LogP contribution in [0.1, 0.15) is 72.1 Å². The van der Waals surface area contributed by atoms with Gasteiger partial charge in [-0.3, -0.25) is 0 Å². The lowest BCUT2D eigenvalue weighted by atomic mass is 9.69. The van der Waals surface area contributed by atoms with Crippen LogP contribution in [0.5, 0.6) is 0 Å². The highest BCUT2D eigenvalue weighted by molar-refractivity contribution is 5.43. The summed E-state index contributed by atoms with van der Waals surface area (Å²) in [5.74, 6) is 1.72. The Bertz CT molecular complexity index is 330. The second kappa shape index (κ2) is 8.02. The average molecular weight is 278 g/mol. The van der Waals surface area contributed by atoms with Crippen LogP contribution in [0.2, 0.25) is 0 Å². The van der Waals surface area contributed by atoms with Crippen LogP contribution in [-0.4, -0.2) is 12.2 Å². The zero-order chi connectivity index (χ0) is 15.2. The summed E-state index contributed by atoms with van der Waals surface area (Å²) >= 11 is 0. The summed E-state index contributed by atoms with van der Waals surface area (Å²) in [7, 11) is 1.00. The van der Waals surface area contributed by atoms with Gasteiger partial charge in [-0.2, -0.15) is 0 Å². The van der Waals surface area contributed by atoms with Crippen LogP contribution in [-0.2, 0) is 0 Å². The first-order valence-electron chi connectivity index (χ1n) is 8.58. The van der Waals surface area contributed by atoms with E-state index in [4.69, 9.17) is 5.11 Å². The van der Waals surface area contributed by atoms with E-state index in [-0.39, 0.29) is 0 Å². The highest BCUT2D eigenvalue weighted by Gasteiger charge is 2.51. The summed E-state index contributed by atoms with van der Waals surface area (Å²) in [5.41, 5.74) is 3.77. The number of aliphatic hydroxyl groups excluding tert-OH is 1. The van der Waals surface area contributed by atoms with Crippen molar-refractivity contribution in [3.05, 3.63) is 23.8 Å². The van der Waals surface area contributed by atoms with E-state index in [1.54, 1.807) is 5.57 Å². The number of hydrogen-bond donors (Lipinski definition) is 1. The molecule has 116 valence electrons. The zero-order valence-corrected chi connectivity index (χ0v) is 14.0. The molecule has 1 spiro atoms. The summed E-state index contributed by atoms with van der Waals surface area (Å²) < 4.78 is 0. The SMILES string of the molecule is C=C1C(C2CCCCC2)=CCC(C)C12CC2.CC.CO. The summed E-state index contributed by atoms with van der Waals surface area (Å²) in [6.07, 6.45) is 13.9. The zero-order valence-electron chi connectivity index (χ0n) is 14.0. The van der Waals surface area contributed by atoms with Crippen LogP contribution < -0.4 is 0 Å². The molecule has 0 aromatic rings. The summed E-state index contributed by atoms with van der Waals surface area (Å²) in [6, 6.07) is 0. The molecule has 0 radical (unpaired) electrons. The van der Waals surface area contributed by atoms with Gasteiger partial charge in [0.2, 0.25) is 0 Å². The Hall–Kier alpha value is -0.560. The van der Waals surface area contributed by atoms with Crippen LogP contribution in [0.25, 0.3) is 0 Å². The molecule has 20 heavy (non-hydrogen) atoms. The Balaban J connectivity index is 0.000000461. The van der Waals surface area contributed by atoms with Gasteiger partial charge in [0, 0.05) is 7.11 Å². The van der Waals surface area contributed by atoms with Gasteiger partial charge in [-0.25, -0.2) is 0 Å². The number of rotatable bonds is 1. The molecule has 0 heterocycles. The van der Waals surface area contributed by atoms with Crippen molar-refractivity contribution in [2.45, 2.75) is 72.1 Å². The highest BCUT2D eigenvalue weighted by atomic mass is 16.2. The molecule has 3 aliphatic rings. The van der Waals surface area contributed by atoms with Crippen LogP contribution in [0.4, 0.5) is 0 Å². The van der Waals surface area contributed by atoms with Crippen molar-refractivity contribution >= 4 is 0 Å². The molecular weight excluding hydrogens is 244 g/mol. The Morgan fingerprint density at radius 1 is 1.10 bits per heavy atom. The molecule has 2 fully saturated rings. The second-order valence-corrected chi connectivity index (χ2v) is 6.27. The Kier molecular flexibility index (Phi) is 7.02. The quantitative estimate of drug-likeness (QED) is 0.671. The third-order valence-electron chi connectivity index (χ3n) is 5.42. The molecular formula is C19H34O. The maximum atomic E-state index is 7.00. The number of hydrogen-bond acceptors (Lipinski definition) is 1. The first kappa shape index (κ1) is 17.5. The van der Waals surface area contributed by atoms with E-state index < -0.39 is 0 Å². The van der Waals surface area contributed by atoms with Crippen molar-refractivity contribution in [1.82, 2.24) is 0 Å². The third kappa shape index (κ3) is 3.36. The normalized spacial score (nSPS) is 27.8. The molecule has 0 aromatic heterocycles. The number of aliphatic hydroxyl groups is 1. The third-order valence-corrected chi connectivity index (χ3v) is 5.42. The minimum absolute atomic E-state index is 0.557. The van der Waals surface area contributed by atoms with E-state index in [9.17, 15) is 0 Å². The molecule has 1 unspecified atom stereocenters. The molecule has 3 rings (SSSR count). The summed E-state index contributed by atoms with van der Waals surface area (Å²) in [4.78, 5) is 0. The molecule has 1 atom stereocenters. The van der Waals surface area contributed by atoms with Crippen molar-refractivity contribution in [3.63, 3.8) is 0 Å². The van der Waals surface area contributed by atoms with E-state index in [1.165, 1.54) is 56.9 Å². The molecule has 1 N–H and O–H groups in total. The largest absolute Gasteiger partial charge is 0.400 e. The molecule has 3 aliphatic carbocycles. The van der Waals surface area contributed by atoms with Crippen LogP contribution in [0.15, 0.2) is 23.8 Å².